The number of hydrogen-bond acceptors (Lipinski definition) is 9. The molecule has 192 valence electrons. The highest BCUT2D eigenvalue weighted by atomic mass is 32.2. The number of aliphatic hydroxyl groups excluding tert-OH is 1. The summed E-state index contributed by atoms with van der Waals surface area (Å²) >= 11 is 0. The summed E-state index contributed by atoms with van der Waals surface area (Å²) < 4.78 is 32.8. The SMILES string of the molecule is C[C@@H]1CN([C@@H](C)CO)C(=O)Cc2cc(NC(=O)Cn3cnnn3)ccc2O[C@H]1CN(C)S(C)(=O)=O. The predicted octanol–water partition coefficient (Wildman–Crippen LogP) is -0.648. The Morgan fingerprint density at radius 1 is 1.40 bits per heavy atom. The number of nitrogens with one attached hydrogen (secondary N) is 1. The Morgan fingerprint density at radius 3 is 2.77 bits per heavy atom. The fourth-order valence-electron chi connectivity index (χ4n) is 3.71. The summed E-state index contributed by atoms with van der Waals surface area (Å²) in [6.45, 7) is 3.69. The van der Waals surface area contributed by atoms with Crippen LogP contribution < -0.4 is 10.1 Å². The van der Waals surface area contributed by atoms with E-state index in [0.717, 1.165) is 6.26 Å². The Bertz CT molecular complexity index is 1140. The second-order valence-corrected chi connectivity index (χ2v) is 10.9. The van der Waals surface area contributed by atoms with Crippen LogP contribution in [0, 0.1) is 5.92 Å². The van der Waals surface area contributed by atoms with E-state index < -0.39 is 22.2 Å². The van der Waals surface area contributed by atoms with Crippen LogP contribution in [0.2, 0.25) is 0 Å². The first-order chi connectivity index (χ1) is 16.5. The first-order valence-corrected chi connectivity index (χ1v) is 12.9. The minimum Gasteiger partial charge on any atom is -0.488 e. The number of carbonyl (C=O) groups is 2. The van der Waals surface area contributed by atoms with Crippen molar-refractivity contribution in [1.29, 1.82) is 0 Å². The third kappa shape index (κ3) is 6.96. The molecule has 13 nitrogen and oxygen atoms in total. The van der Waals surface area contributed by atoms with Crippen LogP contribution in [0.1, 0.15) is 19.4 Å². The molecule has 0 saturated carbocycles. The number of aliphatic hydroxyl groups is 1. The number of rotatable bonds is 8. The monoisotopic (exact) mass is 509 g/mol. The molecule has 3 rings (SSSR count). The predicted molar refractivity (Wildman–Crippen MR) is 126 cm³/mol. The molecule has 0 fully saturated rings. The highest BCUT2D eigenvalue weighted by Crippen LogP contribution is 2.29. The van der Waals surface area contributed by atoms with Gasteiger partial charge in [-0.15, -0.1) is 5.10 Å². The summed E-state index contributed by atoms with van der Waals surface area (Å²) in [7, 11) is -1.98. The number of hydrogen-bond donors (Lipinski definition) is 2. The molecule has 0 spiro atoms. The van der Waals surface area contributed by atoms with E-state index >= 15 is 0 Å². The van der Waals surface area contributed by atoms with E-state index in [1.54, 1.807) is 30.0 Å². The minimum absolute atomic E-state index is 0.0161. The number of carbonyl (C=O) groups excluding carboxylic acids is 2. The van der Waals surface area contributed by atoms with E-state index in [4.69, 9.17) is 4.74 Å². The van der Waals surface area contributed by atoms with Crippen molar-refractivity contribution in [3.8, 4) is 5.75 Å². The number of fused-ring (bicyclic) bond motifs is 1. The van der Waals surface area contributed by atoms with Crippen LogP contribution in [0.15, 0.2) is 24.5 Å². The quantitative estimate of drug-likeness (QED) is 0.471. The summed E-state index contributed by atoms with van der Waals surface area (Å²) in [5.74, 6) is -0.380. The summed E-state index contributed by atoms with van der Waals surface area (Å²) in [5.41, 5.74) is 0.989. The topological polar surface area (TPSA) is 160 Å². The van der Waals surface area contributed by atoms with Crippen molar-refractivity contribution in [3.63, 3.8) is 0 Å². The number of tetrazole rings is 1. The molecule has 2 aromatic rings. The lowest BCUT2D eigenvalue weighted by atomic mass is 10.0. The van der Waals surface area contributed by atoms with Gasteiger partial charge in [0.25, 0.3) is 0 Å². The Kier molecular flexibility index (Phi) is 8.40. The van der Waals surface area contributed by atoms with Gasteiger partial charge in [0.2, 0.25) is 21.8 Å². The summed E-state index contributed by atoms with van der Waals surface area (Å²) in [6.07, 6.45) is 1.86. The van der Waals surface area contributed by atoms with Gasteiger partial charge in [-0.3, -0.25) is 9.59 Å². The second kappa shape index (κ2) is 11.1. The smallest absolute Gasteiger partial charge is 0.246 e. The van der Waals surface area contributed by atoms with Crippen LogP contribution in [0.25, 0.3) is 0 Å². The Labute approximate surface area is 204 Å². The number of likely N-dealkylation sites (N-methyl/N-ethyl adjacent to an activating group) is 1. The van der Waals surface area contributed by atoms with Gasteiger partial charge in [-0.2, -0.15) is 0 Å². The molecule has 2 amide bonds. The summed E-state index contributed by atoms with van der Waals surface area (Å²) in [6, 6.07) is 4.52. The number of amides is 2. The highest BCUT2D eigenvalue weighted by molar-refractivity contribution is 7.88. The highest BCUT2D eigenvalue weighted by Gasteiger charge is 2.32. The molecular weight excluding hydrogens is 478 g/mol. The Hall–Kier alpha value is -3.10. The number of ether oxygens (including phenoxy) is 1. The van der Waals surface area contributed by atoms with Crippen molar-refractivity contribution in [3.05, 3.63) is 30.1 Å². The molecule has 1 aliphatic heterocycles. The average Bonchev–Trinajstić information content (AvgIpc) is 3.30. The van der Waals surface area contributed by atoms with Crippen LogP contribution in [-0.2, 0) is 32.6 Å². The van der Waals surface area contributed by atoms with Crippen LogP contribution in [0.4, 0.5) is 5.69 Å². The molecule has 1 aromatic heterocycles. The molecular formula is C21H31N7O6S. The average molecular weight is 510 g/mol. The van der Waals surface area contributed by atoms with Gasteiger partial charge in [0.05, 0.1) is 31.9 Å². The molecule has 2 heterocycles. The van der Waals surface area contributed by atoms with Gasteiger partial charge < -0.3 is 20.1 Å². The van der Waals surface area contributed by atoms with Gasteiger partial charge in [-0.05, 0) is 35.5 Å². The number of sulfonamides is 1. The second-order valence-electron chi connectivity index (χ2n) is 8.81. The van der Waals surface area contributed by atoms with E-state index in [2.05, 4.69) is 20.8 Å². The van der Waals surface area contributed by atoms with E-state index in [9.17, 15) is 23.1 Å². The molecule has 2 N–H and O–H groups in total. The number of aromatic nitrogens is 4. The fraction of sp³-hybridized carbons (Fsp3) is 0.571. The number of nitrogens with zero attached hydrogens (tertiary/aromatic N) is 6. The fourth-order valence-corrected chi connectivity index (χ4v) is 4.13. The van der Waals surface area contributed by atoms with Gasteiger partial charge in [0.1, 0.15) is 24.7 Å². The lowest BCUT2D eigenvalue weighted by molar-refractivity contribution is -0.134. The first kappa shape index (κ1) is 26.5. The van der Waals surface area contributed by atoms with E-state index in [1.807, 2.05) is 6.92 Å². The van der Waals surface area contributed by atoms with Crippen molar-refractivity contribution in [2.24, 2.45) is 5.92 Å². The Balaban J connectivity index is 1.91. The van der Waals surface area contributed by atoms with E-state index in [0.29, 0.717) is 17.0 Å². The molecule has 14 heteroatoms. The van der Waals surface area contributed by atoms with Crippen LogP contribution in [0.5, 0.6) is 5.75 Å². The van der Waals surface area contributed by atoms with Crippen molar-refractivity contribution < 1.29 is 27.9 Å². The molecule has 1 aromatic carbocycles. The maximum Gasteiger partial charge on any atom is 0.246 e. The molecule has 35 heavy (non-hydrogen) atoms. The van der Waals surface area contributed by atoms with Crippen LogP contribution >= 0.6 is 0 Å². The molecule has 1 aliphatic rings. The van der Waals surface area contributed by atoms with E-state index in [1.165, 1.54) is 22.4 Å². The Morgan fingerprint density at radius 2 is 2.14 bits per heavy atom. The molecule has 0 bridgehead atoms. The van der Waals surface area contributed by atoms with Gasteiger partial charge >= 0.3 is 0 Å². The summed E-state index contributed by atoms with van der Waals surface area (Å²) in [4.78, 5) is 27.1. The van der Waals surface area contributed by atoms with Crippen molar-refractivity contribution >= 4 is 27.5 Å². The van der Waals surface area contributed by atoms with Crippen molar-refractivity contribution in [2.45, 2.75) is 39.0 Å². The molecule has 3 atom stereocenters. The summed E-state index contributed by atoms with van der Waals surface area (Å²) in [5, 5.41) is 23.1. The molecule has 0 aliphatic carbocycles. The zero-order chi connectivity index (χ0) is 25.8. The van der Waals surface area contributed by atoms with Gasteiger partial charge in [-0.25, -0.2) is 17.4 Å². The van der Waals surface area contributed by atoms with Crippen LogP contribution in [0.3, 0.4) is 0 Å². The third-order valence-corrected chi connectivity index (χ3v) is 7.18. The van der Waals surface area contributed by atoms with Gasteiger partial charge in [-0.1, -0.05) is 6.92 Å². The molecule has 0 saturated heterocycles. The standard InChI is InChI=1S/C21H31N7O6S/c1-14-9-28(15(2)12-29)21(31)8-16-7-17(23-20(30)11-27-13-22-24-25-27)5-6-18(16)34-19(14)10-26(3)35(4,32)33/h5-7,13-15,19,29H,8-12H2,1-4H3,(H,23,30)/t14-,15+,19+/m1/s1. The zero-order valence-electron chi connectivity index (χ0n) is 20.2. The molecule has 0 unspecified atom stereocenters. The number of anilines is 1. The van der Waals surface area contributed by atoms with Crippen LogP contribution in [-0.4, -0.2) is 99.9 Å². The van der Waals surface area contributed by atoms with Gasteiger partial charge in [0, 0.05) is 30.8 Å². The van der Waals surface area contributed by atoms with Crippen molar-refractivity contribution in [2.75, 3.05) is 38.3 Å². The maximum absolute atomic E-state index is 13.2. The largest absolute Gasteiger partial charge is 0.488 e. The van der Waals surface area contributed by atoms with Gasteiger partial charge in [0.15, 0.2) is 0 Å². The zero-order valence-corrected chi connectivity index (χ0v) is 21.0. The lowest BCUT2D eigenvalue weighted by Gasteiger charge is -2.33. The first-order valence-electron chi connectivity index (χ1n) is 11.1. The lowest BCUT2D eigenvalue weighted by Crippen LogP contribution is -2.48. The molecule has 0 radical (unpaired) electrons. The van der Waals surface area contributed by atoms with E-state index in [-0.39, 0.29) is 50.4 Å². The normalized spacial score (nSPS) is 19.8. The maximum atomic E-state index is 13.2. The third-order valence-electron chi connectivity index (χ3n) is 5.90. The minimum atomic E-state index is -3.45. The van der Waals surface area contributed by atoms with Crippen molar-refractivity contribution in [1.82, 2.24) is 29.4 Å². The number of benzene rings is 1.